The molecule has 106 valence electrons. The van der Waals surface area contributed by atoms with Gasteiger partial charge in [0.05, 0.1) is 7.11 Å². The number of phenols is 1. The molecule has 0 heterocycles. The molecule has 0 spiro atoms. The van der Waals surface area contributed by atoms with Crippen molar-refractivity contribution in [2.45, 2.75) is 13.8 Å². The normalized spacial score (nSPS) is 12.9. The van der Waals surface area contributed by atoms with Crippen molar-refractivity contribution in [1.82, 2.24) is 0 Å². The van der Waals surface area contributed by atoms with Crippen molar-refractivity contribution >= 4 is 11.1 Å². The molecule has 0 aliphatic heterocycles. The Morgan fingerprint density at radius 2 is 1.67 bits per heavy atom. The first-order valence-corrected chi connectivity index (χ1v) is 6.98. The second-order valence-corrected chi connectivity index (χ2v) is 5.40. The summed E-state index contributed by atoms with van der Waals surface area (Å²) in [6, 6.07) is 13.6. The van der Waals surface area contributed by atoms with Gasteiger partial charge >= 0.3 is 0 Å². The van der Waals surface area contributed by atoms with Gasteiger partial charge in [-0.05, 0) is 60.4 Å². The number of hydrogen-bond donors (Lipinski definition) is 1. The van der Waals surface area contributed by atoms with E-state index in [4.69, 9.17) is 4.74 Å². The maximum Gasteiger partial charge on any atom is 0.123 e. The highest BCUT2D eigenvalue weighted by atomic mass is 16.5. The van der Waals surface area contributed by atoms with E-state index in [2.05, 4.69) is 32.1 Å². The third-order valence-electron chi connectivity index (χ3n) is 3.83. The van der Waals surface area contributed by atoms with Gasteiger partial charge in [0, 0.05) is 5.56 Å². The van der Waals surface area contributed by atoms with Crippen LogP contribution in [0, 0.1) is 0 Å². The molecule has 3 rings (SSSR count). The van der Waals surface area contributed by atoms with Crippen molar-refractivity contribution in [3.63, 3.8) is 0 Å². The Morgan fingerprint density at radius 3 is 2.33 bits per heavy atom. The van der Waals surface area contributed by atoms with Crippen molar-refractivity contribution in [1.29, 1.82) is 0 Å². The lowest BCUT2D eigenvalue weighted by molar-refractivity contribution is 0.412. The van der Waals surface area contributed by atoms with E-state index >= 15 is 0 Å². The third kappa shape index (κ3) is 2.23. The summed E-state index contributed by atoms with van der Waals surface area (Å²) in [4.78, 5) is 0. The Bertz CT molecular complexity index is 763. The summed E-state index contributed by atoms with van der Waals surface area (Å²) in [5, 5.41) is 10.2. The lowest BCUT2D eigenvalue weighted by atomic mass is 9.97. The van der Waals surface area contributed by atoms with Crippen LogP contribution in [0.25, 0.3) is 11.1 Å². The van der Waals surface area contributed by atoms with Gasteiger partial charge in [0.1, 0.15) is 11.5 Å². The minimum atomic E-state index is 0.270. The number of methoxy groups -OCH3 is 1. The van der Waals surface area contributed by atoms with Crippen LogP contribution in [0.5, 0.6) is 11.5 Å². The first-order valence-electron chi connectivity index (χ1n) is 6.98. The van der Waals surface area contributed by atoms with Gasteiger partial charge in [0.25, 0.3) is 0 Å². The number of fused-ring (bicyclic) bond motifs is 1. The number of ether oxygens (including phenoxy) is 1. The molecule has 2 nitrogen and oxygen atoms in total. The number of benzene rings is 2. The minimum absolute atomic E-state index is 0.270. The van der Waals surface area contributed by atoms with E-state index in [1.54, 1.807) is 19.2 Å². The molecular weight excluding hydrogens is 260 g/mol. The summed E-state index contributed by atoms with van der Waals surface area (Å²) in [6.07, 6.45) is 2.15. The van der Waals surface area contributed by atoms with E-state index in [9.17, 15) is 5.11 Å². The summed E-state index contributed by atoms with van der Waals surface area (Å²) in [5.41, 5.74) is 6.70. The van der Waals surface area contributed by atoms with Crippen molar-refractivity contribution < 1.29 is 9.84 Å². The average Bonchev–Trinajstić information content (AvgIpc) is 2.87. The molecule has 2 heteroatoms. The van der Waals surface area contributed by atoms with Crippen LogP contribution in [0.15, 0.2) is 54.1 Å². The van der Waals surface area contributed by atoms with Crippen LogP contribution >= 0.6 is 0 Å². The fraction of sp³-hybridized carbons (Fsp3) is 0.158. The summed E-state index contributed by atoms with van der Waals surface area (Å²) in [7, 11) is 1.63. The molecule has 1 aliphatic rings. The maximum atomic E-state index is 10.2. The second-order valence-electron chi connectivity index (χ2n) is 5.40. The van der Waals surface area contributed by atoms with E-state index < -0.39 is 0 Å². The predicted molar refractivity (Wildman–Crippen MR) is 86.4 cm³/mol. The molecule has 2 aromatic rings. The van der Waals surface area contributed by atoms with Gasteiger partial charge in [-0.1, -0.05) is 29.8 Å². The highest BCUT2D eigenvalue weighted by molar-refractivity contribution is 6.02. The number of phenolic OH excluding ortho intramolecular Hbond substituents is 1. The molecule has 0 aromatic heterocycles. The molecule has 0 unspecified atom stereocenters. The molecular formula is C19H18O2. The molecule has 0 bridgehead atoms. The second kappa shape index (κ2) is 5.13. The number of aromatic hydroxyl groups is 1. The molecule has 2 aromatic carbocycles. The van der Waals surface area contributed by atoms with Crippen molar-refractivity contribution in [2.75, 3.05) is 7.11 Å². The van der Waals surface area contributed by atoms with Crippen LogP contribution in [-0.4, -0.2) is 12.2 Å². The van der Waals surface area contributed by atoms with Gasteiger partial charge in [-0.15, -0.1) is 0 Å². The minimum Gasteiger partial charge on any atom is -0.507 e. The van der Waals surface area contributed by atoms with Gasteiger partial charge < -0.3 is 9.84 Å². The quantitative estimate of drug-likeness (QED) is 0.867. The van der Waals surface area contributed by atoms with E-state index in [0.29, 0.717) is 0 Å². The lowest BCUT2D eigenvalue weighted by Crippen LogP contribution is -1.90. The smallest absolute Gasteiger partial charge is 0.123 e. The van der Waals surface area contributed by atoms with Gasteiger partial charge in [0.15, 0.2) is 0 Å². The number of rotatable bonds is 2. The zero-order chi connectivity index (χ0) is 15.0. The lowest BCUT2D eigenvalue weighted by Gasteiger charge is -2.10. The number of allylic oxidation sites excluding steroid dienone is 3. The standard InChI is InChI=1S/C19H18O2/c1-12(2)16-11-17(15-7-5-4-6-14(15)16)18-10-13(21-3)8-9-19(18)20/h4-11,20H,1-3H3. The Hall–Kier alpha value is -2.48. The molecule has 0 atom stereocenters. The molecule has 0 saturated heterocycles. The summed E-state index contributed by atoms with van der Waals surface area (Å²) in [6.45, 7) is 4.22. The zero-order valence-corrected chi connectivity index (χ0v) is 12.5. The largest absolute Gasteiger partial charge is 0.507 e. The molecule has 21 heavy (non-hydrogen) atoms. The Morgan fingerprint density at radius 1 is 0.952 bits per heavy atom. The SMILES string of the molecule is COc1ccc(O)c(C2=CC(=C(C)C)c3ccccc32)c1. The highest BCUT2D eigenvalue weighted by Gasteiger charge is 2.22. The first-order chi connectivity index (χ1) is 10.1. The predicted octanol–water partition coefficient (Wildman–Crippen LogP) is 4.64. The molecule has 0 fully saturated rings. The first kappa shape index (κ1) is 13.5. The maximum absolute atomic E-state index is 10.2. The van der Waals surface area contributed by atoms with Gasteiger partial charge in [-0.3, -0.25) is 0 Å². The number of hydrogen-bond acceptors (Lipinski definition) is 2. The van der Waals surface area contributed by atoms with E-state index in [0.717, 1.165) is 22.4 Å². The van der Waals surface area contributed by atoms with Crippen molar-refractivity contribution in [2.24, 2.45) is 0 Å². The fourth-order valence-corrected chi connectivity index (χ4v) is 2.75. The molecule has 0 amide bonds. The Balaban J connectivity index is 2.24. The van der Waals surface area contributed by atoms with Gasteiger partial charge in [-0.25, -0.2) is 0 Å². The average molecular weight is 278 g/mol. The zero-order valence-electron chi connectivity index (χ0n) is 12.5. The van der Waals surface area contributed by atoms with Gasteiger partial charge in [-0.2, -0.15) is 0 Å². The Kier molecular flexibility index (Phi) is 3.30. The molecule has 1 N–H and O–H groups in total. The molecule has 0 saturated carbocycles. The van der Waals surface area contributed by atoms with Crippen LogP contribution in [0.2, 0.25) is 0 Å². The van der Waals surface area contributed by atoms with Gasteiger partial charge in [0.2, 0.25) is 0 Å². The summed E-state index contributed by atoms with van der Waals surface area (Å²) in [5.74, 6) is 1.01. The van der Waals surface area contributed by atoms with Crippen LogP contribution in [0.1, 0.15) is 30.5 Å². The molecule has 1 aliphatic carbocycles. The topological polar surface area (TPSA) is 29.5 Å². The van der Waals surface area contributed by atoms with Crippen molar-refractivity contribution in [3.05, 3.63) is 70.8 Å². The fourth-order valence-electron chi connectivity index (χ4n) is 2.75. The van der Waals surface area contributed by atoms with E-state index in [-0.39, 0.29) is 5.75 Å². The van der Waals surface area contributed by atoms with Crippen LogP contribution < -0.4 is 4.74 Å². The van der Waals surface area contributed by atoms with Crippen LogP contribution in [0.4, 0.5) is 0 Å². The third-order valence-corrected chi connectivity index (χ3v) is 3.83. The highest BCUT2D eigenvalue weighted by Crippen LogP contribution is 2.43. The van der Waals surface area contributed by atoms with Crippen LogP contribution in [0.3, 0.4) is 0 Å². The Labute approximate surface area is 125 Å². The van der Waals surface area contributed by atoms with Crippen LogP contribution in [-0.2, 0) is 0 Å². The van der Waals surface area contributed by atoms with E-state index in [1.807, 2.05) is 18.2 Å². The van der Waals surface area contributed by atoms with Crippen molar-refractivity contribution in [3.8, 4) is 11.5 Å². The summed E-state index contributed by atoms with van der Waals surface area (Å²) < 4.78 is 5.28. The molecule has 0 radical (unpaired) electrons. The summed E-state index contributed by atoms with van der Waals surface area (Å²) >= 11 is 0. The monoisotopic (exact) mass is 278 g/mol. The van der Waals surface area contributed by atoms with E-state index in [1.165, 1.54) is 16.7 Å².